The number of hydrogen-bond donors (Lipinski definition) is 2. The molecule has 0 unspecified atom stereocenters. The summed E-state index contributed by atoms with van der Waals surface area (Å²) in [5, 5.41) is 0.957. The summed E-state index contributed by atoms with van der Waals surface area (Å²) in [5.74, 6) is 1.60. The van der Waals surface area contributed by atoms with Crippen molar-refractivity contribution in [3.05, 3.63) is 41.0 Å². The average Bonchev–Trinajstić information content (AvgIpc) is 3.63. The Morgan fingerprint density at radius 1 is 1.08 bits per heavy atom. The van der Waals surface area contributed by atoms with Crippen LogP contribution >= 0.6 is 0 Å². The van der Waals surface area contributed by atoms with Gasteiger partial charge in [-0.1, -0.05) is 42.2 Å². The van der Waals surface area contributed by atoms with Gasteiger partial charge >= 0.3 is 12.4 Å². The van der Waals surface area contributed by atoms with Gasteiger partial charge in [-0.2, -0.15) is 26.3 Å². The molecule has 2 aliphatic rings. The SMILES string of the molecule is Cc1ccc(C2=C(C(=O)NS(=O)(=O)C3CC3)C(=O)N[C@@](C#CCCCCCC(F)(F)F)(C(F)(F)F)C2)cc1. The fraction of sp³-hybridized carbons (Fsp3) is 0.520. The molecule has 208 valence electrons. The lowest BCUT2D eigenvalue weighted by molar-refractivity contribution is -0.180. The Morgan fingerprint density at radius 3 is 2.26 bits per heavy atom. The highest BCUT2D eigenvalue weighted by Gasteiger charge is 2.58. The van der Waals surface area contributed by atoms with E-state index in [1.54, 1.807) is 29.1 Å². The van der Waals surface area contributed by atoms with Crippen molar-refractivity contribution in [2.45, 2.75) is 81.4 Å². The monoisotopic (exact) mass is 564 g/mol. The highest BCUT2D eigenvalue weighted by molar-refractivity contribution is 7.91. The standard InChI is InChI=1S/C25H26F6N2O4S/c1-16-7-9-17(10-8-16)19-15-23(25(29,30)31,13-5-3-2-4-6-14-24(26,27)28)32-21(34)20(19)22(35)33-38(36,37)18-11-12-18/h7-10,18H,2-4,6,11-12,14-15H2,1H3,(H,32,34)(H,33,35)/t23-/m1/s1. The van der Waals surface area contributed by atoms with Crippen LogP contribution in [0.1, 0.15) is 62.5 Å². The zero-order valence-electron chi connectivity index (χ0n) is 20.4. The van der Waals surface area contributed by atoms with Crippen molar-refractivity contribution in [3.8, 4) is 11.8 Å². The first-order valence-electron chi connectivity index (χ1n) is 11.9. The van der Waals surface area contributed by atoms with Crippen LogP contribution < -0.4 is 10.0 Å². The van der Waals surface area contributed by atoms with Gasteiger partial charge in [-0.15, -0.1) is 5.92 Å². The van der Waals surface area contributed by atoms with E-state index in [-0.39, 0.29) is 36.8 Å². The maximum atomic E-state index is 14.3. The predicted molar refractivity (Wildman–Crippen MR) is 127 cm³/mol. The molecule has 1 aliphatic heterocycles. The number of sulfonamides is 1. The number of nitrogens with one attached hydrogen (secondary N) is 2. The summed E-state index contributed by atoms with van der Waals surface area (Å²) in [6.07, 6.45) is -10.8. The molecular weight excluding hydrogens is 538 g/mol. The summed E-state index contributed by atoms with van der Waals surface area (Å²) >= 11 is 0. The minimum Gasteiger partial charge on any atom is -0.328 e. The molecule has 1 aromatic carbocycles. The molecule has 1 heterocycles. The van der Waals surface area contributed by atoms with Crippen LogP contribution in [0.4, 0.5) is 26.3 Å². The lowest BCUT2D eigenvalue weighted by atomic mass is 9.80. The largest absolute Gasteiger partial charge is 0.423 e. The van der Waals surface area contributed by atoms with Crippen molar-refractivity contribution in [2.24, 2.45) is 0 Å². The molecule has 38 heavy (non-hydrogen) atoms. The molecule has 0 bridgehead atoms. The second kappa shape index (κ2) is 11.0. The molecule has 0 saturated heterocycles. The first kappa shape index (κ1) is 29.5. The molecule has 0 radical (unpaired) electrons. The number of halogens is 6. The Bertz CT molecular complexity index is 1270. The Hall–Kier alpha value is -3.01. The number of amides is 2. The number of unbranched alkanes of at least 4 members (excludes halogenated alkanes) is 3. The highest BCUT2D eigenvalue weighted by atomic mass is 32.2. The smallest absolute Gasteiger partial charge is 0.328 e. The molecule has 1 aromatic rings. The summed E-state index contributed by atoms with van der Waals surface area (Å²) in [5.41, 5.74) is -3.30. The Balaban J connectivity index is 1.94. The number of carbonyl (C=O) groups excluding carboxylic acids is 2. The fourth-order valence-electron chi connectivity index (χ4n) is 3.92. The lowest BCUT2D eigenvalue weighted by Gasteiger charge is -2.37. The Labute approximate surface area is 216 Å². The molecule has 2 amide bonds. The van der Waals surface area contributed by atoms with E-state index in [2.05, 4.69) is 5.92 Å². The highest BCUT2D eigenvalue weighted by Crippen LogP contribution is 2.42. The van der Waals surface area contributed by atoms with E-state index in [0.29, 0.717) is 12.8 Å². The van der Waals surface area contributed by atoms with E-state index < -0.39 is 63.4 Å². The van der Waals surface area contributed by atoms with Gasteiger partial charge in [-0.05, 0) is 43.7 Å². The third-order valence-corrected chi connectivity index (χ3v) is 7.99. The van der Waals surface area contributed by atoms with Crippen molar-refractivity contribution >= 4 is 27.4 Å². The van der Waals surface area contributed by atoms with Gasteiger partial charge in [-0.3, -0.25) is 9.59 Å². The normalized spacial score (nSPS) is 20.4. The van der Waals surface area contributed by atoms with Gasteiger partial charge in [0.1, 0.15) is 5.57 Å². The Morgan fingerprint density at radius 2 is 1.71 bits per heavy atom. The quantitative estimate of drug-likeness (QED) is 0.207. The lowest BCUT2D eigenvalue weighted by Crippen LogP contribution is -2.61. The molecule has 13 heteroatoms. The molecule has 1 fully saturated rings. The predicted octanol–water partition coefficient (Wildman–Crippen LogP) is 4.69. The van der Waals surface area contributed by atoms with Gasteiger partial charge in [0, 0.05) is 19.3 Å². The molecule has 1 aliphatic carbocycles. The molecule has 6 nitrogen and oxygen atoms in total. The number of hydrogen-bond acceptors (Lipinski definition) is 4. The van der Waals surface area contributed by atoms with Gasteiger partial charge in [-0.25, -0.2) is 13.1 Å². The summed E-state index contributed by atoms with van der Waals surface area (Å²) in [4.78, 5) is 25.9. The van der Waals surface area contributed by atoms with Crippen LogP contribution in [-0.2, 0) is 19.6 Å². The van der Waals surface area contributed by atoms with Crippen LogP contribution in [0.2, 0.25) is 0 Å². The number of aryl methyl sites for hydroxylation is 1. The van der Waals surface area contributed by atoms with Crippen molar-refractivity contribution < 1.29 is 44.3 Å². The van der Waals surface area contributed by atoms with Crippen molar-refractivity contribution in [2.75, 3.05) is 0 Å². The van der Waals surface area contributed by atoms with Gasteiger partial charge in [0.25, 0.3) is 11.8 Å². The fourth-order valence-corrected chi connectivity index (χ4v) is 5.20. The van der Waals surface area contributed by atoms with Crippen LogP contribution in [0.5, 0.6) is 0 Å². The summed E-state index contributed by atoms with van der Waals surface area (Å²) in [7, 11) is -4.10. The van der Waals surface area contributed by atoms with E-state index >= 15 is 0 Å². The van der Waals surface area contributed by atoms with Crippen molar-refractivity contribution in [1.29, 1.82) is 0 Å². The number of rotatable bonds is 8. The minimum atomic E-state index is -5.09. The van der Waals surface area contributed by atoms with Gasteiger partial charge in [0.05, 0.1) is 5.25 Å². The van der Waals surface area contributed by atoms with Crippen LogP contribution in [0.25, 0.3) is 5.57 Å². The summed E-state index contributed by atoms with van der Waals surface area (Å²) in [6, 6.07) is 5.96. The van der Waals surface area contributed by atoms with E-state index in [1.165, 1.54) is 12.1 Å². The second-order valence-electron chi connectivity index (χ2n) is 9.41. The number of benzene rings is 1. The van der Waals surface area contributed by atoms with E-state index in [4.69, 9.17) is 0 Å². The van der Waals surface area contributed by atoms with Crippen LogP contribution in [0.3, 0.4) is 0 Å². The summed E-state index contributed by atoms with van der Waals surface area (Å²) < 4.78 is 106. The molecular formula is C25H26F6N2O4S. The molecule has 0 spiro atoms. The topological polar surface area (TPSA) is 92.3 Å². The van der Waals surface area contributed by atoms with Crippen molar-refractivity contribution in [3.63, 3.8) is 0 Å². The first-order valence-corrected chi connectivity index (χ1v) is 13.4. The maximum Gasteiger partial charge on any atom is 0.423 e. The summed E-state index contributed by atoms with van der Waals surface area (Å²) in [6.45, 7) is 1.72. The third kappa shape index (κ3) is 7.30. The molecule has 1 saturated carbocycles. The third-order valence-electron chi connectivity index (χ3n) is 6.17. The van der Waals surface area contributed by atoms with E-state index in [1.807, 2.05) is 5.92 Å². The molecule has 2 N–H and O–H groups in total. The minimum absolute atomic E-state index is 0.105. The molecule has 1 atom stereocenters. The second-order valence-corrected chi connectivity index (χ2v) is 11.4. The van der Waals surface area contributed by atoms with Gasteiger partial charge in [0.2, 0.25) is 15.6 Å². The average molecular weight is 565 g/mol. The Kier molecular flexibility index (Phi) is 8.55. The maximum absolute atomic E-state index is 14.3. The zero-order valence-corrected chi connectivity index (χ0v) is 21.2. The van der Waals surface area contributed by atoms with Crippen LogP contribution in [0.15, 0.2) is 29.8 Å². The zero-order chi connectivity index (χ0) is 28.4. The van der Waals surface area contributed by atoms with Crippen LogP contribution in [0, 0.1) is 18.8 Å². The number of carbonyl (C=O) groups is 2. The van der Waals surface area contributed by atoms with E-state index in [0.717, 1.165) is 5.56 Å². The molecule has 0 aromatic heterocycles. The molecule has 3 rings (SSSR count). The number of alkyl halides is 6. The van der Waals surface area contributed by atoms with Crippen LogP contribution in [-0.4, -0.2) is 43.4 Å². The van der Waals surface area contributed by atoms with Gasteiger partial charge < -0.3 is 5.32 Å². The van der Waals surface area contributed by atoms with Crippen molar-refractivity contribution in [1.82, 2.24) is 10.0 Å². The first-order chi connectivity index (χ1) is 17.5. The van der Waals surface area contributed by atoms with E-state index in [9.17, 15) is 44.3 Å². The van der Waals surface area contributed by atoms with Gasteiger partial charge in [0.15, 0.2) is 0 Å².